The van der Waals surface area contributed by atoms with Gasteiger partial charge in [0, 0.05) is 5.92 Å². The minimum Gasteiger partial charge on any atom is -0.413 e. The van der Waals surface area contributed by atoms with Crippen molar-refractivity contribution in [3.05, 3.63) is 0 Å². The Kier molecular flexibility index (Phi) is 8.90. The Morgan fingerprint density at radius 2 is 1.48 bits per heavy atom. The largest absolute Gasteiger partial charge is 0.413 e. The van der Waals surface area contributed by atoms with Crippen molar-refractivity contribution in [2.45, 2.75) is 89.7 Å². The zero-order valence-electron chi connectivity index (χ0n) is 17.7. The van der Waals surface area contributed by atoms with Crippen LogP contribution in [-0.4, -0.2) is 59.7 Å². The lowest BCUT2D eigenvalue weighted by Gasteiger charge is -2.41. The third kappa shape index (κ3) is 7.22. The van der Waals surface area contributed by atoms with Crippen LogP contribution in [0.1, 0.15) is 52.9 Å². The van der Waals surface area contributed by atoms with Gasteiger partial charge in [-0.1, -0.05) is 20.8 Å². The topological polar surface area (TPSA) is 63.2 Å². The van der Waals surface area contributed by atoms with Crippen LogP contribution in [0.4, 0.5) is 0 Å². The quantitative estimate of drug-likeness (QED) is 0.386. The molecule has 2 fully saturated rings. The van der Waals surface area contributed by atoms with E-state index in [4.69, 9.17) is 23.4 Å². The van der Waals surface area contributed by atoms with Gasteiger partial charge in [-0.3, -0.25) is 0 Å². The van der Waals surface area contributed by atoms with E-state index in [0.29, 0.717) is 26.4 Å². The smallest absolute Gasteiger partial charge is 0.192 e. The molecule has 0 aromatic heterocycles. The van der Waals surface area contributed by atoms with Crippen molar-refractivity contribution in [2.75, 3.05) is 26.4 Å². The number of carbonyl (C=O) groups is 1. The minimum absolute atomic E-state index is 0.0776. The Labute approximate surface area is 165 Å². The molecular formula is C20H38O6Si. The summed E-state index contributed by atoms with van der Waals surface area (Å²) in [4.78, 5) is 11.9. The summed E-state index contributed by atoms with van der Waals surface area (Å²) in [5.74, 6) is -0.141. The molecule has 0 aromatic rings. The summed E-state index contributed by atoms with van der Waals surface area (Å²) in [6.45, 7) is 13.8. The van der Waals surface area contributed by atoms with Crippen molar-refractivity contribution in [3.8, 4) is 0 Å². The molecule has 0 aromatic carbocycles. The zero-order chi connectivity index (χ0) is 19.9. The Morgan fingerprint density at radius 3 is 1.96 bits per heavy atom. The van der Waals surface area contributed by atoms with Gasteiger partial charge >= 0.3 is 0 Å². The second-order valence-electron chi connectivity index (χ2n) is 9.07. The Balaban J connectivity index is 1.95. The molecule has 2 aliphatic heterocycles. The minimum atomic E-state index is -1.97. The lowest BCUT2D eigenvalue weighted by Crippen LogP contribution is -2.46. The lowest BCUT2D eigenvalue weighted by atomic mass is 9.94. The highest BCUT2D eigenvalue weighted by atomic mass is 28.4. The van der Waals surface area contributed by atoms with E-state index in [2.05, 4.69) is 33.9 Å². The van der Waals surface area contributed by atoms with Crippen molar-refractivity contribution in [1.29, 1.82) is 0 Å². The van der Waals surface area contributed by atoms with Crippen molar-refractivity contribution in [1.82, 2.24) is 0 Å². The van der Waals surface area contributed by atoms with E-state index >= 15 is 0 Å². The molecule has 2 atom stereocenters. The molecule has 0 bridgehead atoms. The summed E-state index contributed by atoms with van der Waals surface area (Å²) in [6, 6.07) is 0. The van der Waals surface area contributed by atoms with Gasteiger partial charge in [-0.2, -0.15) is 0 Å². The van der Waals surface area contributed by atoms with E-state index in [1.807, 2.05) is 0 Å². The first-order valence-electron chi connectivity index (χ1n) is 10.3. The van der Waals surface area contributed by atoms with Crippen molar-refractivity contribution < 1.29 is 28.2 Å². The van der Waals surface area contributed by atoms with Crippen LogP contribution in [0, 0.1) is 5.92 Å². The number of hydrogen-bond donors (Lipinski definition) is 0. The number of ether oxygens (including phenoxy) is 4. The Morgan fingerprint density at radius 1 is 0.963 bits per heavy atom. The summed E-state index contributed by atoms with van der Waals surface area (Å²) in [5, 5.41) is 0.105. The molecule has 0 N–H and O–H groups in total. The molecule has 2 saturated heterocycles. The number of carbonyl (C=O) groups excluding carboxylic acids is 1. The first-order chi connectivity index (χ1) is 12.7. The highest BCUT2D eigenvalue weighted by Crippen LogP contribution is 2.39. The maximum atomic E-state index is 11.9. The molecule has 6 nitrogen and oxygen atoms in total. The van der Waals surface area contributed by atoms with Gasteiger partial charge in [0.25, 0.3) is 0 Å². The molecule has 0 aliphatic carbocycles. The van der Waals surface area contributed by atoms with Gasteiger partial charge in [0.15, 0.2) is 20.9 Å². The molecule has 158 valence electrons. The molecule has 7 heteroatoms. The summed E-state index contributed by atoms with van der Waals surface area (Å²) >= 11 is 0. The second-order valence-corrected chi connectivity index (χ2v) is 13.8. The third-order valence-electron chi connectivity index (χ3n) is 5.95. The first-order valence-corrected chi connectivity index (χ1v) is 13.2. The maximum Gasteiger partial charge on any atom is 0.192 e. The molecular weight excluding hydrogens is 364 g/mol. The predicted molar refractivity (Wildman–Crippen MR) is 106 cm³/mol. The fraction of sp³-hybridized carbons (Fsp3) is 0.950. The van der Waals surface area contributed by atoms with E-state index in [0.717, 1.165) is 38.4 Å². The predicted octanol–water partition coefficient (Wildman–Crippen LogP) is 3.89. The molecule has 2 unspecified atom stereocenters. The van der Waals surface area contributed by atoms with Gasteiger partial charge in [-0.05, 0) is 50.2 Å². The molecule has 2 rings (SSSR count). The molecule has 27 heavy (non-hydrogen) atoms. The van der Waals surface area contributed by atoms with Crippen molar-refractivity contribution in [2.24, 2.45) is 5.92 Å². The van der Waals surface area contributed by atoms with Crippen LogP contribution in [-0.2, 0) is 28.2 Å². The number of rotatable bonds is 11. The van der Waals surface area contributed by atoms with E-state index in [-0.39, 0.29) is 29.6 Å². The fourth-order valence-corrected chi connectivity index (χ4v) is 4.62. The standard InChI is InChI=1S/C20H38O6Si/c1-20(2,3)27(4,5)26-17(7-6-8-18-22-11-12-23-18)16(15-21)9-10-19-24-13-14-25-19/h15-19H,6-14H2,1-5H3. The molecule has 2 aliphatic rings. The zero-order valence-corrected chi connectivity index (χ0v) is 18.7. The van der Waals surface area contributed by atoms with Crippen LogP contribution in [0.15, 0.2) is 0 Å². The monoisotopic (exact) mass is 402 g/mol. The van der Waals surface area contributed by atoms with E-state index in [1.54, 1.807) is 0 Å². The summed E-state index contributed by atoms with van der Waals surface area (Å²) in [6.07, 6.45) is 4.77. The van der Waals surface area contributed by atoms with Crippen molar-refractivity contribution >= 4 is 14.6 Å². The SMILES string of the molecule is CC(C)(C)[Si](C)(C)OC(CCCC1OCCO1)C(C=O)CCC1OCCO1. The average molecular weight is 403 g/mol. The van der Waals surface area contributed by atoms with Crippen LogP contribution in [0.5, 0.6) is 0 Å². The molecule has 0 amide bonds. The van der Waals surface area contributed by atoms with E-state index in [9.17, 15) is 4.79 Å². The lowest BCUT2D eigenvalue weighted by molar-refractivity contribution is -0.115. The second kappa shape index (κ2) is 10.5. The summed E-state index contributed by atoms with van der Waals surface area (Å²) in [5.41, 5.74) is 0. The van der Waals surface area contributed by atoms with Crippen LogP contribution in [0.2, 0.25) is 18.1 Å². The van der Waals surface area contributed by atoms with Gasteiger partial charge in [0.2, 0.25) is 0 Å². The summed E-state index contributed by atoms with van der Waals surface area (Å²) in [7, 11) is -1.97. The van der Waals surface area contributed by atoms with Crippen LogP contribution in [0.25, 0.3) is 0 Å². The van der Waals surface area contributed by atoms with Crippen molar-refractivity contribution in [3.63, 3.8) is 0 Å². The Bertz CT molecular complexity index is 438. The average Bonchev–Trinajstić information content (AvgIpc) is 3.27. The molecule has 0 saturated carbocycles. The number of hydrogen-bond acceptors (Lipinski definition) is 6. The first kappa shape index (κ1) is 23.0. The number of aldehydes is 1. The van der Waals surface area contributed by atoms with Gasteiger partial charge in [-0.15, -0.1) is 0 Å². The molecule has 0 radical (unpaired) electrons. The normalized spacial score (nSPS) is 22.3. The highest BCUT2D eigenvalue weighted by Gasteiger charge is 2.40. The van der Waals surface area contributed by atoms with E-state index < -0.39 is 8.32 Å². The van der Waals surface area contributed by atoms with Gasteiger partial charge in [0.1, 0.15) is 6.29 Å². The maximum absolute atomic E-state index is 11.9. The van der Waals surface area contributed by atoms with Gasteiger partial charge < -0.3 is 28.2 Å². The third-order valence-corrected chi connectivity index (χ3v) is 10.5. The highest BCUT2D eigenvalue weighted by molar-refractivity contribution is 6.74. The molecule has 0 spiro atoms. The van der Waals surface area contributed by atoms with Crippen LogP contribution in [0.3, 0.4) is 0 Å². The summed E-state index contributed by atoms with van der Waals surface area (Å²) < 4.78 is 28.8. The van der Waals surface area contributed by atoms with Gasteiger partial charge in [0.05, 0.1) is 32.5 Å². The Hall–Kier alpha value is -0.313. The van der Waals surface area contributed by atoms with Crippen LogP contribution < -0.4 is 0 Å². The molecule has 2 heterocycles. The van der Waals surface area contributed by atoms with E-state index in [1.165, 1.54) is 0 Å². The van der Waals surface area contributed by atoms with Gasteiger partial charge in [-0.25, -0.2) is 0 Å². The van der Waals surface area contributed by atoms with Crippen LogP contribution >= 0.6 is 0 Å². The fourth-order valence-electron chi connectivity index (χ4n) is 3.22.